The fraction of sp³-hybridized carbons (Fsp3) is 0.300. The quantitative estimate of drug-likeness (QED) is 0.733. The van der Waals surface area contributed by atoms with Crippen LogP contribution in [0.2, 0.25) is 5.02 Å². The Morgan fingerprint density at radius 2 is 2.20 bits per heavy atom. The number of halogens is 1. The van der Waals surface area contributed by atoms with Gasteiger partial charge in [0, 0.05) is 17.1 Å². The third kappa shape index (κ3) is 2.40. The van der Waals surface area contributed by atoms with E-state index in [9.17, 15) is 9.90 Å². The Kier molecular flexibility index (Phi) is 3.55. The maximum absolute atomic E-state index is 10.8. The lowest BCUT2D eigenvalue weighted by atomic mass is 9.97. The van der Waals surface area contributed by atoms with E-state index < -0.39 is 11.9 Å². The van der Waals surface area contributed by atoms with Crippen LogP contribution in [0.4, 0.5) is 0 Å². The molecule has 1 aromatic carbocycles. The number of hydrogen-bond donors (Lipinski definition) is 3. The van der Waals surface area contributed by atoms with Crippen molar-refractivity contribution in [1.82, 2.24) is 0 Å². The number of aliphatic carboxylic acids is 1. The monoisotopic (exact) mass is 229 g/mol. The van der Waals surface area contributed by atoms with Crippen molar-refractivity contribution in [2.45, 2.75) is 12.8 Å². The number of carboxylic acids is 1. The van der Waals surface area contributed by atoms with Gasteiger partial charge in [-0.15, -0.1) is 0 Å². The number of benzene rings is 1. The molecule has 1 unspecified atom stereocenters. The summed E-state index contributed by atoms with van der Waals surface area (Å²) in [6, 6.07) is 2.88. The van der Waals surface area contributed by atoms with Crippen LogP contribution in [0.3, 0.4) is 0 Å². The molecule has 4 nitrogen and oxygen atoms in total. The molecule has 82 valence electrons. The molecule has 0 heterocycles. The van der Waals surface area contributed by atoms with Gasteiger partial charge < -0.3 is 15.9 Å². The van der Waals surface area contributed by atoms with Crippen LogP contribution in [-0.4, -0.2) is 22.7 Å². The van der Waals surface area contributed by atoms with Crippen molar-refractivity contribution < 1.29 is 15.0 Å². The topological polar surface area (TPSA) is 83.5 Å². The van der Waals surface area contributed by atoms with Gasteiger partial charge in [-0.25, -0.2) is 0 Å². The minimum absolute atomic E-state index is 0.0811. The van der Waals surface area contributed by atoms with Gasteiger partial charge in [-0.3, -0.25) is 4.79 Å². The molecule has 1 rings (SSSR count). The second-order valence-electron chi connectivity index (χ2n) is 3.29. The summed E-state index contributed by atoms with van der Waals surface area (Å²) in [6.07, 6.45) is 0. The molecule has 0 bridgehead atoms. The zero-order valence-corrected chi connectivity index (χ0v) is 8.95. The van der Waals surface area contributed by atoms with Gasteiger partial charge in [0.05, 0.1) is 5.92 Å². The molecule has 0 spiro atoms. The zero-order valence-electron chi connectivity index (χ0n) is 8.20. The Morgan fingerprint density at radius 3 is 2.67 bits per heavy atom. The highest BCUT2D eigenvalue weighted by molar-refractivity contribution is 6.31. The Hall–Kier alpha value is -1.26. The van der Waals surface area contributed by atoms with Gasteiger partial charge >= 0.3 is 5.97 Å². The molecule has 0 saturated carbocycles. The van der Waals surface area contributed by atoms with Gasteiger partial charge in [0.2, 0.25) is 0 Å². The summed E-state index contributed by atoms with van der Waals surface area (Å²) in [5.41, 5.74) is 6.27. The van der Waals surface area contributed by atoms with E-state index >= 15 is 0 Å². The first kappa shape index (κ1) is 11.8. The normalized spacial score (nSPS) is 12.5. The first-order chi connectivity index (χ1) is 6.97. The predicted octanol–water partition coefficient (Wildman–Crippen LogP) is 1.48. The SMILES string of the molecule is Cc1cc(O)c(C(CN)C(=O)O)cc1Cl. The van der Waals surface area contributed by atoms with Crippen LogP contribution in [0.1, 0.15) is 17.0 Å². The van der Waals surface area contributed by atoms with Gasteiger partial charge in [-0.1, -0.05) is 11.6 Å². The summed E-state index contributed by atoms with van der Waals surface area (Å²) < 4.78 is 0. The van der Waals surface area contributed by atoms with Crippen LogP contribution in [0.15, 0.2) is 12.1 Å². The smallest absolute Gasteiger partial charge is 0.312 e. The van der Waals surface area contributed by atoms with Gasteiger partial charge in [0.15, 0.2) is 0 Å². The fourth-order valence-electron chi connectivity index (χ4n) is 1.32. The molecule has 0 aliphatic carbocycles. The Morgan fingerprint density at radius 1 is 1.60 bits per heavy atom. The molecule has 0 aliphatic rings. The molecule has 0 aromatic heterocycles. The average Bonchev–Trinajstić information content (AvgIpc) is 2.14. The van der Waals surface area contributed by atoms with Crippen molar-refractivity contribution in [3.05, 3.63) is 28.3 Å². The van der Waals surface area contributed by atoms with Crippen molar-refractivity contribution in [3.63, 3.8) is 0 Å². The second kappa shape index (κ2) is 4.51. The molecule has 0 amide bonds. The van der Waals surface area contributed by atoms with E-state index in [1.54, 1.807) is 6.92 Å². The van der Waals surface area contributed by atoms with Crippen molar-refractivity contribution in [2.75, 3.05) is 6.54 Å². The van der Waals surface area contributed by atoms with E-state index in [1.165, 1.54) is 12.1 Å². The molecule has 1 atom stereocenters. The number of aromatic hydroxyl groups is 1. The third-order valence-electron chi connectivity index (χ3n) is 2.22. The Balaban J connectivity index is 3.24. The van der Waals surface area contributed by atoms with Crippen LogP contribution in [-0.2, 0) is 4.79 Å². The van der Waals surface area contributed by atoms with E-state index in [4.69, 9.17) is 22.4 Å². The van der Waals surface area contributed by atoms with Gasteiger partial charge in [0.1, 0.15) is 5.75 Å². The molecule has 0 radical (unpaired) electrons. The molecule has 0 aliphatic heterocycles. The summed E-state index contributed by atoms with van der Waals surface area (Å²) in [5, 5.41) is 18.9. The van der Waals surface area contributed by atoms with E-state index in [0.29, 0.717) is 10.6 Å². The number of aryl methyl sites for hydroxylation is 1. The van der Waals surface area contributed by atoms with Crippen LogP contribution >= 0.6 is 11.6 Å². The Labute approximate surface area is 92.3 Å². The second-order valence-corrected chi connectivity index (χ2v) is 3.69. The number of rotatable bonds is 3. The van der Waals surface area contributed by atoms with Crippen molar-refractivity contribution in [2.24, 2.45) is 5.73 Å². The van der Waals surface area contributed by atoms with E-state index in [1.807, 2.05) is 0 Å². The zero-order chi connectivity index (χ0) is 11.6. The molecule has 1 aromatic rings. The highest BCUT2D eigenvalue weighted by atomic mass is 35.5. The summed E-state index contributed by atoms with van der Waals surface area (Å²) >= 11 is 5.85. The molecule has 0 saturated heterocycles. The third-order valence-corrected chi connectivity index (χ3v) is 2.62. The summed E-state index contributed by atoms with van der Waals surface area (Å²) in [4.78, 5) is 10.8. The first-order valence-corrected chi connectivity index (χ1v) is 4.77. The molecule has 4 N–H and O–H groups in total. The van der Waals surface area contributed by atoms with Crippen LogP contribution < -0.4 is 5.73 Å². The van der Waals surface area contributed by atoms with Gasteiger partial charge in [0.25, 0.3) is 0 Å². The summed E-state index contributed by atoms with van der Waals surface area (Å²) in [6.45, 7) is 1.65. The number of nitrogens with two attached hydrogens (primary N) is 1. The largest absolute Gasteiger partial charge is 0.508 e. The minimum atomic E-state index is -1.08. The lowest BCUT2D eigenvalue weighted by Crippen LogP contribution is -2.21. The van der Waals surface area contributed by atoms with Crippen molar-refractivity contribution >= 4 is 17.6 Å². The van der Waals surface area contributed by atoms with E-state index in [0.717, 1.165) is 0 Å². The van der Waals surface area contributed by atoms with Gasteiger partial charge in [-0.05, 0) is 24.6 Å². The molecular weight excluding hydrogens is 218 g/mol. The first-order valence-electron chi connectivity index (χ1n) is 4.39. The number of phenols is 1. The van der Waals surface area contributed by atoms with Crippen LogP contribution in [0.25, 0.3) is 0 Å². The molecular formula is C10H12ClNO3. The maximum atomic E-state index is 10.8. The Bertz CT molecular complexity index is 392. The molecule has 5 heteroatoms. The van der Waals surface area contributed by atoms with E-state index in [-0.39, 0.29) is 17.9 Å². The summed E-state index contributed by atoms with van der Waals surface area (Å²) in [7, 11) is 0. The minimum Gasteiger partial charge on any atom is -0.508 e. The van der Waals surface area contributed by atoms with E-state index in [2.05, 4.69) is 0 Å². The summed E-state index contributed by atoms with van der Waals surface area (Å²) in [5.74, 6) is -2.09. The highest BCUT2D eigenvalue weighted by Crippen LogP contribution is 2.31. The lowest BCUT2D eigenvalue weighted by molar-refractivity contribution is -0.138. The van der Waals surface area contributed by atoms with Crippen molar-refractivity contribution in [1.29, 1.82) is 0 Å². The predicted molar refractivity (Wildman–Crippen MR) is 57.3 cm³/mol. The number of phenolic OH excluding ortho intramolecular Hbond substituents is 1. The van der Waals surface area contributed by atoms with Gasteiger partial charge in [-0.2, -0.15) is 0 Å². The lowest BCUT2D eigenvalue weighted by Gasteiger charge is -2.13. The van der Waals surface area contributed by atoms with Crippen LogP contribution in [0, 0.1) is 6.92 Å². The highest BCUT2D eigenvalue weighted by Gasteiger charge is 2.22. The maximum Gasteiger partial charge on any atom is 0.312 e. The average molecular weight is 230 g/mol. The molecule has 0 fully saturated rings. The number of carbonyl (C=O) groups is 1. The standard InChI is InChI=1S/C10H12ClNO3/c1-5-2-9(13)6(3-8(5)11)7(4-12)10(14)15/h2-3,7,13H,4,12H2,1H3,(H,14,15). The number of hydrogen-bond acceptors (Lipinski definition) is 3. The molecule has 15 heavy (non-hydrogen) atoms. The number of carboxylic acid groups (broad SMARTS) is 1. The fourth-order valence-corrected chi connectivity index (χ4v) is 1.49. The van der Waals surface area contributed by atoms with Crippen LogP contribution in [0.5, 0.6) is 5.75 Å². The van der Waals surface area contributed by atoms with Crippen molar-refractivity contribution in [3.8, 4) is 5.75 Å².